The van der Waals surface area contributed by atoms with Crippen LogP contribution in [0.25, 0.3) is 10.8 Å². The fourth-order valence-electron chi connectivity index (χ4n) is 3.18. The molecule has 0 aromatic heterocycles. The van der Waals surface area contributed by atoms with Crippen molar-refractivity contribution in [3.05, 3.63) is 103 Å². The molecule has 0 bridgehead atoms. The number of carbonyl (C=O) groups excluding carboxylic acids is 1. The third-order valence-electron chi connectivity index (χ3n) is 4.90. The van der Waals surface area contributed by atoms with E-state index in [1.807, 2.05) is 42.5 Å². The molecule has 30 heavy (non-hydrogen) atoms. The van der Waals surface area contributed by atoms with Gasteiger partial charge in [0.25, 0.3) is 15.9 Å². The van der Waals surface area contributed by atoms with Crippen LogP contribution < -0.4 is 9.62 Å². The van der Waals surface area contributed by atoms with Crippen molar-refractivity contribution in [1.82, 2.24) is 0 Å². The Kier molecular flexibility index (Phi) is 5.25. The largest absolute Gasteiger partial charge is 0.322 e. The fourth-order valence-corrected chi connectivity index (χ4v) is 4.40. The number of hydrogen-bond acceptors (Lipinski definition) is 3. The Morgan fingerprint density at radius 2 is 1.40 bits per heavy atom. The van der Waals surface area contributed by atoms with Gasteiger partial charge in [-0.25, -0.2) is 8.42 Å². The number of anilines is 2. The van der Waals surface area contributed by atoms with Crippen molar-refractivity contribution in [2.45, 2.75) is 4.90 Å². The molecule has 1 N–H and O–H groups in total. The van der Waals surface area contributed by atoms with Gasteiger partial charge < -0.3 is 5.32 Å². The second-order valence-electron chi connectivity index (χ2n) is 6.85. The molecule has 0 saturated heterocycles. The second kappa shape index (κ2) is 8.00. The van der Waals surface area contributed by atoms with E-state index in [0.717, 1.165) is 10.8 Å². The number of sulfonamides is 1. The summed E-state index contributed by atoms with van der Waals surface area (Å²) in [6.07, 6.45) is 0. The lowest BCUT2D eigenvalue weighted by Crippen LogP contribution is -2.26. The van der Waals surface area contributed by atoms with E-state index in [-0.39, 0.29) is 10.8 Å². The molecule has 0 unspecified atom stereocenters. The Balaban J connectivity index is 1.51. The van der Waals surface area contributed by atoms with Gasteiger partial charge in [0.1, 0.15) is 0 Å². The zero-order valence-corrected chi connectivity index (χ0v) is 17.1. The van der Waals surface area contributed by atoms with E-state index in [2.05, 4.69) is 5.32 Å². The van der Waals surface area contributed by atoms with Crippen LogP contribution in [-0.2, 0) is 10.0 Å². The molecule has 0 radical (unpaired) electrons. The van der Waals surface area contributed by atoms with E-state index >= 15 is 0 Å². The van der Waals surface area contributed by atoms with Gasteiger partial charge in [0.05, 0.1) is 10.6 Å². The van der Waals surface area contributed by atoms with Crippen LogP contribution in [0.4, 0.5) is 11.4 Å². The lowest BCUT2D eigenvalue weighted by atomic mass is 10.1. The number of nitrogens with zero attached hydrogens (tertiary/aromatic N) is 1. The van der Waals surface area contributed by atoms with Gasteiger partial charge >= 0.3 is 0 Å². The highest BCUT2D eigenvalue weighted by molar-refractivity contribution is 7.92. The fraction of sp³-hybridized carbons (Fsp3) is 0.0417. The molecular formula is C24H20N2O3S. The molecule has 0 saturated carbocycles. The van der Waals surface area contributed by atoms with Gasteiger partial charge in [-0.1, -0.05) is 48.5 Å². The molecular weight excluding hydrogens is 396 g/mol. The zero-order chi connectivity index (χ0) is 21.1. The van der Waals surface area contributed by atoms with Crippen LogP contribution in [0.15, 0.2) is 102 Å². The van der Waals surface area contributed by atoms with Gasteiger partial charge in [-0.05, 0) is 59.3 Å². The number of fused-ring (bicyclic) bond motifs is 1. The van der Waals surface area contributed by atoms with E-state index in [4.69, 9.17) is 0 Å². The lowest BCUT2D eigenvalue weighted by Gasteiger charge is -2.19. The molecule has 0 aliphatic heterocycles. The van der Waals surface area contributed by atoms with Gasteiger partial charge in [-0.15, -0.1) is 0 Å². The highest BCUT2D eigenvalue weighted by atomic mass is 32.2. The Labute approximate surface area is 175 Å². The normalized spacial score (nSPS) is 11.2. The first-order chi connectivity index (χ1) is 14.4. The summed E-state index contributed by atoms with van der Waals surface area (Å²) in [6, 6.07) is 28.4. The lowest BCUT2D eigenvalue weighted by molar-refractivity contribution is 0.102. The molecule has 0 aliphatic rings. The summed E-state index contributed by atoms with van der Waals surface area (Å²) in [7, 11) is -2.17. The van der Waals surface area contributed by atoms with Gasteiger partial charge in [0, 0.05) is 18.3 Å². The molecule has 0 fully saturated rings. The van der Waals surface area contributed by atoms with Crippen molar-refractivity contribution < 1.29 is 13.2 Å². The molecule has 150 valence electrons. The van der Waals surface area contributed by atoms with Gasteiger partial charge in [-0.2, -0.15) is 0 Å². The number of hydrogen-bond donors (Lipinski definition) is 1. The van der Waals surface area contributed by atoms with Crippen molar-refractivity contribution in [1.29, 1.82) is 0 Å². The van der Waals surface area contributed by atoms with E-state index < -0.39 is 10.0 Å². The first kappa shape index (κ1) is 19.7. The molecule has 0 spiro atoms. The number of nitrogens with one attached hydrogen (secondary N) is 1. The maximum Gasteiger partial charge on any atom is 0.264 e. The molecule has 4 rings (SSSR count). The summed E-state index contributed by atoms with van der Waals surface area (Å²) >= 11 is 0. The molecule has 6 heteroatoms. The molecule has 4 aromatic rings. The second-order valence-corrected chi connectivity index (χ2v) is 8.82. The quantitative estimate of drug-likeness (QED) is 0.502. The monoisotopic (exact) mass is 416 g/mol. The smallest absolute Gasteiger partial charge is 0.264 e. The maximum absolute atomic E-state index is 12.7. The number of benzene rings is 4. The van der Waals surface area contributed by atoms with Gasteiger partial charge in [-0.3, -0.25) is 9.10 Å². The van der Waals surface area contributed by atoms with E-state index in [1.54, 1.807) is 54.6 Å². The predicted octanol–water partition coefficient (Wildman–Crippen LogP) is 4.92. The van der Waals surface area contributed by atoms with Crippen molar-refractivity contribution in [3.63, 3.8) is 0 Å². The van der Waals surface area contributed by atoms with Crippen molar-refractivity contribution in [2.75, 3.05) is 16.7 Å². The first-order valence-corrected chi connectivity index (χ1v) is 10.8. The van der Waals surface area contributed by atoms with E-state index in [0.29, 0.717) is 16.9 Å². The summed E-state index contributed by atoms with van der Waals surface area (Å²) in [5, 5.41) is 5.02. The Hall–Kier alpha value is -3.64. The van der Waals surface area contributed by atoms with E-state index in [1.165, 1.54) is 11.4 Å². The summed E-state index contributed by atoms with van der Waals surface area (Å²) in [4.78, 5) is 12.8. The summed E-state index contributed by atoms with van der Waals surface area (Å²) in [6.45, 7) is 0. The molecule has 0 heterocycles. The molecule has 0 atom stereocenters. The number of amides is 1. The number of carbonyl (C=O) groups is 1. The summed E-state index contributed by atoms with van der Waals surface area (Å²) in [5.74, 6) is -0.259. The van der Waals surface area contributed by atoms with Crippen LogP contribution in [-0.4, -0.2) is 21.4 Å². The molecule has 5 nitrogen and oxygen atoms in total. The molecule has 1 amide bonds. The minimum atomic E-state index is -3.66. The van der Waals surface area contributed by atoms with Crippen molar-refractivity contribution in [3.8, 4) is 0 Å². The van der Waals surface area contributed by atoms with Crippen LogP contribution in [0.5, 0.6) is 0 Å². The first-order valence-electron chi connectivity index (χ1n) is 9.39. The standard InChI is InChI=1S/C24H20N2O3S/c1-26(30(28,29)23-9-3-2-4-10-23)22-15-12-19(13-16-22)24(27)25-21-14-11-18-7-5-6-8-20(18)17-21/h2-17H,1H3,(H,25,27). The highest BCUT2D eigenvalue weighted by Gasteiger charge is 2.21. The molecule has 0 aliphatic carbocycles. The third kappa shape index (κ3) is 3.90. The van der Waals surface area contributed by atoms with Crippen LogP contribution in [0.3, 0.4) is 0 Å². The number of rotatable bonds is 5. The highest BCUT2D eigenvalue weighted by Crippen LogP contribution is 2.23. The van der Waals surface area contributed by atoms with Crippen LogP contribution in [0.2, 0.25) is 0 Å². The molecule has 4 aromatic carbocycles. The minimum Gasteiger partial charge on any atom is -0.322 e. The van der Waals surface area contributed by atoms with Crippen LogP contribution in [0.1, 0.15) is 10.4 Å². The van der Waals surface area contributed by atoms with Crippen molar-refractivity contribution in [2.24, 2.45) is 0 Å². The average Bonchev–Trinajstić information content (AvgIpc) is 2.79. The minimum absolute atomic E-state index is 0.214. The van der Waals surface area contributed by atoms with E-state index in [9.17, 15) is 13.2 Å². The Morgan fingerprint density at radius 1 is 0.767 bits per heavy atom. The predicted molar refractivity (Wildman–Crippen MR) is 120 cm³/mol. The summed E-state index contributed by atoms with van der Waals surface area (Å²) < 4.78 is 26.7. The summed E-state index contributed by atoms with van der Waals surface area (Å²) in [5.41, 5.74) is 1.62. The average molecular weight is 417 g/mol. The van der Waals surface area contributed by atoms with Gasteiger partial charge in [0.2, 0.25) is 0 Å². The topological polar surface area (TPSA) is 66.5 Å². The van der Waals surface area contributed by atoms with Crippen molar-refractivity contribution >= 4 is 38.1 Å². The van der Waals surface area contributed by atoms with Crippen LogP contribution >= 0.6 is 0 Å². The third-order valence-corrected chi connectivity index (χ3v) is 6.70. The Bertz CT molecular complexity index is 1300. The Morgan fingerprint density at radius 3 is 2.10 bits per heavy atom. The maximum atomic E-state index is 12.7. The zero-order valence-electron chi connectivity index (χ0n) is 16.3. The van der Waals surface area contributed by atoms with Gasteiger partial charge in [0.15, 0.2) is 0 Å². The SMILES string of the molecule is CN(c1ccc(C(=O)Nc2ccc3ccccc3c2)cc1)S(=O)(=O)c1ccccc1. The van der Waals surface area contributed by atoms with Crippen LogP contribution in [0, 0.1) is 0 Å².